The van der Waals surface area contributed by atoms with Crippen molar-refractivity contribution in [2.24, 2.45) is 0 Å². The van der Waals surface area contributed by atoms with E-state index >= 15 is 0 Å². The fourth-order valence-corrected chi connectivity index (χ4v) is 1.40. The van der Waals surface area contributed by atoms with Gasteiger partial charge in [0.15, 0.2) is 23.3 Å². The Morgan fingerprint density at radius 1 is 0.833 bits per heavy atom. The van der Waals surface area contributed by atoms with Gasteiger partial charge in [0.2, 0.25) is 5.82 Å². The third kappa shape index (κ3) is 1.68. The summed E-state index contributed by atoms with van der Waals surface area (Å²) < 4.78 is 65.5. The Labute approximate surface area is 97.3 Å². The van der Waals surface area contributed by atoms with Crippen molar-refractivity contribution >= 4 is 0 Å². The van der Waals surface area contributed by atoms with Crippen LogP contribution in [0.3, 0.4) is 0 Å². The lowest BCUT2D eigenvalue weighted by Gasteiger charge is -2.08. The molecule has 0 saturated heterocycles. The lowest BCUT2D eigenvalue weighted by atomic mass is 10.1. The summed E-state index contributed by atoms with van der Waals surface area (Å²) in [5, 5.41) is 9.33. The molecule has 2 nitrogen and oxygen atoms in total. The van der Waals surface area contributed by atoms with Gasteiger partial charge in [-0.15, -0.1) is 0 Å². The predicted octanol–water partition coefficient (Wildman–Crippen LogP) is 3.15. The van der Waals surface area contributed by atoms with Gasteiger partial charge in [-0.1, -0.05) is 0 Å². The smallest absolute Gasteiger partial charge is 0.200 e. The highest BCUT2D eigenvalue weighted by Gasteiger charge is 2.28. The average molecular weight is 261 g/mol. The van der Waals surface area contributed by atoms with Gasteiger partial charge in [0.05, 0.1) is 5.56 Å². The van der Waals surface area contributed by atoms with E-state index in [9.17, 15) is 27.1 Å². The SMILES string of the molecule is Oc1cccnc1-c1c(F)c(F)c(F)c(F)c1F. The van der Waals surface area contributed by atoms with Crippen molar-refractivity contribution in [1.82, 2.24) is 4.98 Å². The molecule has 0 unspecified atom stereocenters. The van der Waals surface area contributed by atoms with Crippen LogP contribution in [-0.4, -0.2) is 10.1 Å². The summed E-state index contributed by atoms with van der Waals surface area (Å²) in [6, 6.07) is 2.26. The summed E-state index contributed by atoms with van der Waals surface area (Å²) in [5.41, 5.74) is -1.98. The Bertz CT molecular complexity index is 600. The molecule has 0 spiro atoms. The maximum absolute atomic E-state index is 13.4. The van der Waals surface area contributed by atoms with Crippen LogP contribution in [0.25, 0.3) is 11.3 Å². The Morgan fingerprint density at radius 3 is 1.83 bits per heavy atom. The number of pyridine rings is 1. The van der Waals surface area contributed by atoms with E-state index < -0.39 is 46.1 Å². The van der Waals surface area contributed by atoms with Crippen LogP contribution >= 0.6 is 0 Å². The molecule has 1 aromatic heterocycles. The number of aromatic hydroxyl groups is 1. The van der Waals surface area contributed by atoms with Gasteiger partial charge >= 0.3 is 0 Å². The minimum atomic E-state index is -2.26. The second kappa shape index (κ2) is 4.25. The standard InChI is InChI=1S/C11H4F5NO/c12-6-5(11-4(18)2-1-3-17-11)7(13)9(15)10(16)8(6)14/h1-3,18H. The van der Waals surface area contributed by atoms with Crippen molar-refractivity contribution in [2.75, 3.05) is 0 Å². The number of halogens is 5. The molecule has 94 valence electrons. The third-order valence-electron chi connectivity index (χ3n) is 2.23. The third-order valence-corrected chi connectivity index (χ3v) is 2.23. The summed E-state index contributed by atoms with van der Waals surface area (Å²) in [7, 11) is 0. The molecule has 0 aliphatic heterocycles. The van der Waals surface area contributed by atoms with Crippen molar-refractivity contribution in [3.63, 3.8) is 0 Å². The fourth-order valence-electron chi connectivity index (χ4n) is 1.40. The zero-order valence-electron chi connectivity index (χ0n) is 8.52. The van der Waals surface area contributed by atoms with Crippen LogP contribution in [-0.2, 0) is 0 Å². The molecule has 0 fully saturated rings. The van der Waals surface area contributed by atoms with Crippen LogP contribution in [0, 0.1) is 29.1 Å². The zero-order valence-corrected chi connectivity index (χ0v) is 8.52. The van der Waals surface area contributed by atoms with Crippen molar-refractivity contribution in [1.29, 1.82) is 0 Å². The van der Waals surface area contributed by atoms with Gasteiger partial charge in [-0.2, -0.15) is 0 Å². The Morgan fingerprint density at radius 2 is 1.33 bits per heavy atom. The van der Waals surface area contributed by atoms with Gasteiger partial charge in [0.1, 0.15) is 11.4 Å². The van der Waals surface area contributed by atoms with Crippen LogP contribution in [0.1, 0.15) is 0 Å². The van der Waals surface area contributed by atoms with Crippen LogP contribution < -0.4 is 0 Å². The van der Waals surface area contributed by atoms with E-state index in [1.54, 1.807) is 0 Å². The fraction of sp³-hybridized carbons (Fsp3) is 0. The summed E-state index contributed by atoms with van der Waals surface area (Å²) in [6.45, 7) is 0. The first kappa shape index (κ1) is 12.3. The first-order valence-corrected chi connectivity index (χ1v) is 4.61. The number of rotatable bonds is 1. The lowest BCUT2D eigenvalue weighted by molar-refractivity contribution is 0.380. The highest BCUT2D eigenvalue weighted by atomic mass is 19.2. The molecular formula is C11H4F5NO. The molecule has 0 radical (unpaired) electrons. The van der Waals surface area contributed by atoms with Gasteiger partial charge < -0.3 is 5.11 Å². The van der Waals surface area contributed by atoms with Crippen LogP contribution in [0.4, 0.5) is 22.0 Å². The van der Waals surface area contributed by atoms with Crippen LogP contribution in [0.2, 0.25) is 0 Å². The largest absolute Gasteiger partial charge is 0.506 e. The van der Waals surface area contributed by atoms with E-state index in [1.165, 1.54) is 6.07 Å². The zero-order chi connectivity index (χ0) is 13.4. The molecule has 0 atom stereocenters. The summed E-state index contributed by atoms with van der Waals surface area (Å²) in [6.07, 6.45) is 1.05. The minimum Gasteiger partial charge on any atom is -0.506 e. The summed E-state index contributed by atoms with van der Waals surface area (Å²) in [4.78, 5) is 3.40. The molecule has 2 rings (SSSR count). The van der Waals surface area contributed by atoms with E-state index in [4.69, 9.17) is 0 Å². The number of nitrogens with zero attached hydrogens (tertiary/aromatic N) is 1. The van der Waals surface area contributed by atoms with Gasteiger partial charge in [-0.3, -0.25) is 4.98 Å². The monoisotopic (exact) mass is 261 g/mol. The molecule has 18 heavy (non-hydrogen) atoms. The highest BCUT2D eigenvalue weighted by Crippen LogP contribution is 2.34. The molecule has 0 aliphatic rings. The molecule has 1 N–H and O–H groups in total. The van der Waals surface area contributed by atoms with Crippen LogP contribution in [0.5, 0.6) is 5.75 Å². The van der Waals surface area contributed by atoms with Crippen molar-refractivity contribution in [3.8, 4) is 17.0 Å². The first-order chi connectivity index (χ1) is 8.45. The number of aromatic nitrogens is 1. The number of hydrogen-bond donors (Lipinski definition) is 1. The molecule has 1 heterocycles. The molecule has 2 aromatic rings. The van der Waals surface area contributed by atoms with Crippen molar-refractivity contribution in [3.05, 3.63) is 47.4 Å². The Balaban J connectivity index is 2.85. The quantitative estimate of drug-likeness (QED) is 0.486. The minimum absolute atomic E-state index is 0.694. The predicted molar refractivity (Wildman–Crippen MR) is 51.1 cm³/mol. The van der Waals surface area contributed by atoms with E-state index in [0.717, 1.165) is 12.3 Å². The first-order valence-electron chi connectivity index (χ1n) is 4.61. The molecule has 0 bridgehead atoms. The lowest BCUT2D eigenvalue weighted by Crippen LogP contribution is -2.04. The summed E-state index contributed by atoms with van der Waals surface area (Å²) >= 11 is 0. The van der Waals surface area contributed by atoms with E-state index in [-0.39, 0.29) is 0 Å². The van der Waals surface area contributed by atoms with Crippen molar-refractivity contribution in [2.45, 2.75) is 0 Å². The maximum Gasteiger partial charge on any atom is 0.200 e. The molecular weight excluding hydrogens is 257 g/mol. The molecule has 0 saturated carbocycles. The molecule has 0 amide bonds. The molecule has 7 heteroatoms. The Hall–Kier alpha value is -2.18. The highest BCUT2D eigenvalue weighted by molar-refractivity contribution is 5.67. The van der Waals surface area contributed by atoms with E-state index in [0.29, 0.717) is 0 Å². The van der Waals surface area contributed by atoms with Gasteiger partial charge in [-0.25, -0.2) is 22.0 Å². The topological polar surface area (TPSA) is 33.1 Å². The number of hydrogen-bond acceptors (Lipinski definition) is 2. The number of benzene rings is 1. The second-order valence-corrected chi connectivity index (χ2v) is 3.32. The maximum atomic E-state index is 13.4. The Kier molecular flexibility index (Phi) is 2.90. The van der Waals surface area contributed by atoms with Gasteiger partial charge in [0.25, 0.3) is 0 Å². The average Bonchev–Trinajstić information content (AvgIpc) is 2.36. The summed E-state index contributed by atoms with van der Waals surface area (Å²) in [5.74, 6) is -11.2. The van der Waals surface area contributed by atoms with E-state index in [2.05, 4.69) is 4.98 Å². The molecule has 1 aromatic carbocycles. The van der Waals surface area contributed by atoms with Crippen LogP contribution in [0.15, 0.2) is 18.3 Å². The second-order valence-electron chi connectivity index (χ2n) is 3.32. The van der Waals surface area contributed by atoms with Crippen molar-refractivity contribution < 1.29 is 27.1 Å². The van der Waals surface area contributed by atoms with E-state index in [1.807, 2.05) is 0 Å². The molecule has 0 aliphatic carbocycles. The normalized spacial score (nSPS) is 10.7. The van der Waals surface area contributed by atoms with Gasteiger partial charge in [0, 0.05) is 6.20 Å². The van der Waals surface area contributed by atoms with Gasteiger partial charge in [-0.05, 0) is 12.1 Å².